The Kier molecular flexibility index (Phi) is 5.76. The van der Waals surface area contributed by atoms with Gasteiger partial charge in [0.1, 0.15) is 11.5 Å². The molecule has 9 heteroatoms. The Hall–Kier alpha value is -3.04. The average Bonchev–Trinajstić information content (AvgIpc) is 3.46. The predicted octanol–water partition coefficient (Wildman–Crippen LogP) is 5.35. The number of furan rings is 1. The second-order valence-electron chi connectivity index (χ2n) is 8.91. The number of carbonyl (C=O) groups excluding carboxylic acids is 1. The fraction of sp³-hybridized carbons (Fsp3) is 0.417. The molecule has 4 aromatic rings. The van der Waals surface area contributed by atoms with Crippen LogP contribution < -0.4 is 5.32 Å². The first-order chi connectivity index (χ1) is 15.9. The lowest BCUT2D eigenvalue weighted by atomic mass is 10.0. The first kappa shape index (κ1) is 21.8. The number of piperidine rings is 1. The van der Waals surface area contributed by atoms with E-state index in [1.165, 1.54) is 24.2 Å². The minimum Gasteiger partial charge on any atom is -0.466 e. The second-order valence-corrected chi connectivity index (χ2v) is 9.77. The van der Waals surface area contributed by atoms with Crippen molar-refractivity contribution in [2.75, 3.05) is 18.4 Å². The number of anilines is 1. The summed E-state index contributed by atoms with van der Waals surface area (Å²) in [5.74, 6) is 1.97. The van der Waals surface area contributed by atoms with Crippen molar-refractivity contribution in [2.45, 2.75) is 47.1 Å². The van der Waals surface area contributed by atoms with Gasteiger partial charge in [0.15, 0.2) is 5.13 Å². The Balaban J connectivity index is 1.41. The second kappa shape index (κ2) is 8.72. The summed E-state index contributed by atoms with van der Waals surface area (Å²) in [4.78, 5) is 25.0. The summed E-state index contributed by atoms with van der Waals surface area (Å²) in [5.41, 5.74) is 3.81. The summed E-state index contributed by atoms with van der Waals surface area (Å²) in [6.45, 7) is 10.9. The molecule has 1 amide bonds. The standard InChI is InChI=1S/C24H27N5O3S/c1-13-6-5-7-29(10-13)11-17-12-33-24(25-17)27-22(30)19-9-20(18-8-14(2)31-16(18)4)26-23-21(19)15(3)28-32-23/h8-9,12-13H,5-7,10-11H2,1-4H3,(H,25,27,30)/t13-/m0/s1. The maximum absolute atomic E-state index is 13.3. The van der Waals surface area contributed by atoms with Crippen molar-refractivity contribution in [3.63, 3.8) is 0 Å². The molecule has 4 aromatic heterocycles. The topological polar surface area (TPSA) is 97.3 Å². The minimum atomic E-state index is -0.264. The van der Waals surface area contributed by atoms with Crippen molar-refractivity contribution < 1.29 is 13.7 Å². The number of rotatable bonds is 5. The maximum Gasteiger partial charge on any atom is 0.259 e. The number of hydrogen-bond acceptors (Lipinski definition) is 8. The smallest absolute Gasteiger partial charge is 0.259 e. The summed E-state index contributed by atoms with van der Waals surface area (Å²) in [6, 6.07) is 3.67. The van der Waals surface area contributed by atoms with Gasteiger partial charge in [0.05, 0.1) is 28.0 Å². The van der Waals surface area contributed by atoms with Gasteiger partial charge in [-0.05, 0) is 58.2 Å². The van der Waals surface area contributed by atoms with Crippen LogP contribution in [0.4, 0.5) is 5.13 Å². The Bertz CT molecular complexity index is 1320. The zero-order valence-electron chi connectivity index (χ0n) is 19.3. The lowest BCUT2D eigenvalue weighted by molar-refractivity contribution is 0.102. The van der Waals surface area contributed by atoms with E-state index in [0.29, 0.717) is 39.1 Å². The van der Waals surface area contributed by atoms with Crippen LogP contribution in [0.25, 0.3) is 22.4 Å². The molecule has 1 aliphatic heterocycles. The number of aryl methyl sites for hydroxylation is 3. The lowest BCUT2D eigenvalue weighted by Crippen LogP contribution is -2.33. The highest BCUT2D eigenvalue weighted by Crippen LogP contribution is 2.31. The molecule has 0 saturated carbocycles. The van der Waals surface area contributed by atoms with Crippen LogP contribution in [-0.2, 0) is 6.54 Å². The highest BCUT2D eigenvalue weighted by molar-refractivity contribution is 7.14. The Morgan fingerprint density at radius 1 is 1.27 bits per heavy atom. The molecule has 5 rings (SSSR count). The van der Waals surface area contributed by atoms with Crippen LogP contribution in [0, 0.1) is 26.7 Å². The maximum atomic E-state index is 13.3. The highest BCUT2D eigenvalue weighted by atomic mass is 32.1. The third kappa shape index (κ3) is 4.43. The van der Waals surface area contributed by atoms with E-state index >= 15 is 0 Å². The SMILES string of the molecule is Cc1cc(-c2cc(C(=O)Nc3nc(CN4CCC[C@H](C)C4)cs3)c3c(C)noc3n2)c(C)o1. The van der Waals surface area contributed by atoms with E-state index < -0.39 is 0 Å². The molecule has 0 aromatic carbocycles. The molecular weight excluding hydrogens is 438 g/mol. The Morgan fingerprint density at radius 2 is 2.12 bits per heavy atom. The van der Waals surface area contributed by atoms with Gasteiger partial charge in [0.2, 0.25) is 0 Å². The number of amides is 1. The molecule has 0 radical (unpaired) electrons. The molecule has 1 N–H and O–H groups in total. The van der Waals surface area contributed by atoms with E-state index in [1.807, 2.05) is 25.3 Å². The van der Waals surface area contributed by atoms with Crippen LogP contribution in [0.5, 0.6) is 0 Å². The van der Waals surface area contributed by atoms with E-state index in [1.54, 1.807) is 13.0 Å². The summed E-state index contributed by atoms with van der Waals surface area (Å²) in [7, 11) is 0. The number of hydrogen-bond donors (Lipinski definition) is 1. The van der Waals surface area contributed by atoms with Crippen LogP contribution in [-0.4, -0.2) is 39.0 Å². The average molecular weight is 466 g/mol. The summed E-state index contributed by atoms with van der Waals surface area (Å²) in [5, 5.41) is 10.2. The molecule has 8 nitrogen and oxygen atoms in total. The minimum absolute atomic E-state index is 0.264. The van der Waals surface area contributed by atoms with Crippen LogP contribution >= 0.6 is 11.3 Å². The number of carbonyl (C=O) groups is 1. The molecule has 0 aliphatic carbocycles. The molecule has 1 saturated heterocycles. The Morgan fingerprint density at radius 3 is 2.88 bits per heavy atom. The monoisotopic (exact) mass is 465 g/mol. The first-order valence-electron chi connectivity index (χ1n) is 11.2. The molecule has 1 atom stereocenters. The van der Waals surface area contributed by atoms with E-state index in [0.717, 1.165) is 42.4 Å². The Labute approximate surface area is 196 Å². The summed E-state index contributed by atoms with van der Waals surface area (Å²) < 4.78 is 11.1. The number of nitrogens with one attached hydrogen (secondary N) is 1. The number of likely N-dealkylation sites (tertiary alicyclic amines) is 1. The van der Waals surface area contributed by atoms with Crippen LogP contribution in [0.2, 0.25) is 0 Å². The van der Waals surface area contributed by atoms with Gasteiger partial charge in [0.25, 0.3) is 11.6 Å². The molecule has 5 heterocycles. The van der Waals surface area contributed by atoms with Gasteiger partial charge in [-0.2, -0.15) is 0 Å². The normalized spacial score (nSPS) is 17.0. The number of thiazole rings is 1. The van der Waals surface area contributed by atoms with Crippen molar-refractivity contribution in [1.29, 1.82) is 0 Å². The highest BCUT2D eigenvalue weighted by Gasteiger charge is 2.22. The third-order valence-corrected chi connectivity index (χ3v) is 6.88. The third-order valence-electron chi connectivity index (χ3n) is 6.08. The van der Waals surface area contributed by atoms with Gasteiger partial charge in [0, 0.05) is 24.0 Å². The van der Waals surface area contributed by atoms with Crippen molar-refractivity contribution >= 4 is 33.5 Å². The molecular formula is C24H27N5O3S. The fourth-order valence-electron chi connectivity index (χ4n) is 4.56. The van der Waals surface area contributed by atoms with E-state index in [-0.39, 0.29) is 5.91 Å². The zero-order chi connectivity index (χ0) is 23.1. The molecule has 1 fully saturated rings. The van der Waals surface area contributed by atoms with E-state index in [9.17, 15) is 4.79 Å². The quantitative estimate of drug-likeness (QED) is 0.424. The van der Waals surface area contributed by atoms with E-state index in [4.69, 9.17) is 8.94 Å². The number of pyridine rings is 1. The van der Waals surface area contributed by atoms with Crippen molar-refractivity contribution in [1.82, 2.24) is 20.0 Å². The summed E-state index contributed by atoms with van der Waals surface area (Å²) >= 11 is 1.44. The molecule has 0 unspecified atom stereocenters. The summed E-state index contributed by atoms with van der Waals surface area (Å²) in [6.07, 6.45) is 2.51. The number of fused-ring (bicyclic) bond motifs is 1. The molecule has 0 bridgehead atoms. The largest absolute Gasteiger partial charge is 0.466 e. The molecule has 0 spiro atoms. The van der Waals surface area contributed by atoms with Gasteiger partial charge in [-0.1, -0.05) is 12.1 Å². The van der Waals surface area contributed by atoms with Gasteiger partial charge in [-0.15, -0.1) is 11.3 Å². The van der Waals surface area contributed by atoms with Gasteiger partial charge >= 0.3 is 0 Å². The van der Waals surface area contributed by atoms with Crippen molar-refractivity contribution in [3.8, 4) is 11.3 Å². The van der Waals surface area contributed by atoms with Gasteiger partial charge < -0.3 is 8.94 Å². The van der Waals surface area contributed by atoms with Gasteiger partial charge in [-0.3, -0.25) is 15.0 Å². The number of aromatic nitrogens is 3. The van der Waals surface area contributed by atoms with Crippen LogP contribution in [0.3, 0.4) is 0 Å². The molecule has 1 aliphatic rings. The zero-order valence-corrected chi connectivity index (χ0v) is 20.1. The van der Waals surface area contributed by atoms with Gasteiger partial charge in [-0.25, -0.2) is 9.97 Å². The predicted molar refractivity (Wildman–Crippen MR) is 127 cm³/mol. The lowest BCUT2D eigenvalue weighted by Gasteiger charge is -2.30. The fourth-order valence-corrected chi connectivity index (χ4v) is 5.25. The van der Waals surface area contributed by atoms with Crippen molar-refractivity contribution in [2.24, 2.45) is 5.92 Å². The van der Waals surface area contributed by atoms with Crippen molar-refractivity contribution in [3.05, 3.63) is 46.0 Å². The van der Waals surface area contributed by atoms with Crippen LogP contribution in [0.1, 0.15) is 53.0 Å². The first-order valence-corrected chi connectivity index (χ1v) is 12.1. The number of nitrogens with zero attached hydrogens (tertiary/aromatic N) is 4. The van der Waals surface area contributed by atoms with E-state index in [2.05, 4.69) is 32.3 Å². The molecule has 33 heavy (non-hydrogen) atoms. The molecule has 172 valence electrons. The van der Waals surface area contributed by atoms with Crippen LogP contribution in [0.15, 0.2) is 26.5 Å².